The third kappa shape index (κ3) is 3.33. The predicted octanol–water partition coefficient (Wildman–Crippen LogP) is 2.27. The molecular formula is C14H22ClN3O2. The van der Waals surface area contributed by atoms with Crippen molar-refractivity contribution in [1.29, 1.82) is 0 Å². The van der Waals surface area contributed by atoms with Crippen LogP contribution in [0.15, 0.2) is 11.0 Å². The number of rotatable bonds is 5. The molecule has 1 saturated carbocycles. The van der Waals surface area contributed by atoms with Crippen molar-refractivity contribution in [2.45, 2.75) is 51.6 Å². The summed E-state index contributed by atoms with van der Waals surface area (Å²) in [5, 5.41) is 16.5. The molecule has 1 aliphatic rings. The molecule has 0 spiro atoms. The largest absolute Gasteiger partial charge is 0.394 e. The highest BCUT2D eigenvalue weighted by Crippen LogP contribution is 2.30. The van der Waals surface area contributed by atoms with Crippen molar-refractivity contribution < 1.29 is 5.11 Å². The molecule has 2 N–H and O–H groups in total. The van der Waals surface area contributed by atoms with E-state index in [-0.39, 0.29) is 23.7 Å². The predicted molar refractivity (Wildman–Crippen MR) is 80.3 cm³/mol. The highest BCUT2D eigenvalue weighted by atomic mass is 35.5. The number of nitrogens with one attached hydrogen (secondary N) is 1. The Morgan fingerprint density at radius 1 is 1.50 bits per heavy atom. The van der Waals surface area contributed by atoms with Crippen molar-refractivity contribution >= 4 is 17.3 Å². The number of aliphatic hydroxyl groups is 1. The second kappa shape index (κ2) is 7.09. The van der Waals surface area contributed by atoms with Crippen molar-refractivity contribution in [2.24, 2.45) is 5.92 Å². The molecule has 1 aliphatic carbocycles. The summed E-state index contributed by atoms with van der Waals surface area (Å²) in [6.07, 6.45) is 7.53. The smallest absolute Gasteiger partial charge is 0.287 e. The summed E-state index contributed by atoms with van der Waals surface area (Å²) in [4.78, 5) is 12.0. The van der Waals surface area contributed by atoms with E-state index >= 15 is 0 Å². The van der Waals surface area contributed by atoms with Crippen LogP contribution in [-0.2, 0) is 6.54 Å². The van der Waals surface area contributed by atoms with Crippen LogP contribution in [0.25, 0.3) is 0 Å². The summed E-state index contributed by atoms with van der Waals surface area (Å²) < 4.78 is 1.19. The van der Waals surface area contributed by atoms with E-state index in [2.05, 4.69) is 17.3 Å². The van der Waals surface area contributed by atoms with Crippen LogP contribution < -0.4 is 10.9 Å². The lowest BCUT2D eigenvalue weighted by atomic mass is 9.83. The monoisotopic (exact) mass is 299 g/mol. The van der Waals surface area contributed by atoms with Crippen molar-refractivity contribution in [2.75, 3.05) is 11.9 Å². The fourth-order valence-corrected chi connectivity index (χ4v) is 3.11. The average molecular weight is 300 g/mol. The fourth-order valence-electron chi connectivity index (χ4n) is 2.91. The van der Waals surface area contributed by atoms with E-state index in [0.717, 1.165) is 12.8 Å². The molecule has 0 saturated heterocycles. The standard InChI is InChI=1S/C14H22ClN3O2/c1-2-10-5-3-4-6-11(10)17-12-9-16-18(7-8-19)14(20)13(12)15/h9-11,17,19H,2-8H2,1H3. The molecule has 5 nitrogen and oxygen atoms in total. The molecule has 0 bridgehead atoms. The summed E-state index contributed by atoms with van der Waals surface area (Å²) >= 11 is 6.13. The maximum absolute atomic E-state index is 12.0. The quantitative estimate of drug-likeness (QED) is 0.875. The Balaban J connectivity index is 2.17. The van der Waals surface area contributed by atoms with Gasteiger partial charge in [-0.25, -0.2) is 4.68 Å². The van der Waals surface area contributed by atoms with Gasteiger partial charge in [0.25, 0.3) is 5.56 Å². The average Bonchev–Trinajstić information content (AvgIpc) is 2.47. The van der Waals surface area contributed by atoms with E-state index in [1.54, 1.807) is 6.20 Å². The molecule has 0 aromatic carbocycles. The van der Waals surface area contributed by atoms with Gasteiger partial charge in [-0.1, -0.05) is 37.8 Å². The van der Waals surface area contributed by atoms with Crippen LogP contribution in [-0.4, -0.2) is 27.5 Å². The number of aliphatic hydroxyl groups excluding tert-OH is 1. The number of nitrogens with zero attached hydrogens (tertiary/aromatic N) is 2. The number of hydrogen-bond donors (Lipinski definition) is 2. The molecule has 112 valence electrons. The van der Waals surface area contributed by atoms with E-state index in [4.69, 9.17) is 16.7 Å². The van der Waals surface area contributed by atoms with Gasteiger partial charge in [-0.2, -0.15) is 5.10 Å². The highest BCUT2D eigenvalue weighted by molar-refractivity contribution is 6.32. The van der Waals surface area contributed by atoms with Crippen molar-refractivity contribution in [3.05, 3.63) is 21.6 Å². The summed E-state index contributed by atoms with van der Waals surface area (Å²) in [7, 11) is 0. The van der Waals surface area contributed by atoms with Gasteiger partial charge in [0.2, 0.25) is 0 Å². The molecule has 2 atom stereocenters. The highest BCUT2D eigenvalue weighted by Gasteiger charge is 2.24. The molecular weight excluding hydrogens is 278 g/mol. The third-order valence-electron chi connectivity index (χ3n) is 4.07. The zero-order valence-corrected chi connectivity index (χ0v) is 12.6. The second-order valence-electron chi connectivity index (χ2n) is 5.33. The summed E-state index contributed by atoms with van der Waals surface area (Å²) in [5.41, 5.74) is 0.255. The summed E-state index contributed by atoms with van der Waals surface area (Å²) in [5.74, 6) is 0.625. The first-order chi connectivity index (χ1) is 9.67. The van der Waals surface area contributed by atoms with Gasteiger partial charge < -0.3 is 10.4 Å². The van der Waals surface area contributed by atoms with E-state index in [1.165, 1.54) is 23.9 Å². The first-order valence-corrected chi connectivity index (χ1v) is 7.68. The molecule has 1 fully saturated rings. The molecule has 0 aliphatic heterocycles. The fraction of sp³-hybridized carbons (Fsp3) is 0.714. The topological polar surface area (TPSA) is 67.2 Å². The molecule has 1 aromatic heterocycles. The maximum Gasteiger partial charge on any atom is 0.287 e. The van der Waals surface area contributed by atoms with Crippen molar-refractivity contribution in [3.63, 3.8) is 0 Å². The zero-order valence-electron chi connectivity index (χ0n) is 11.8. The minimum Gasteiger partial charge on any atom is -0.394 e. The summed E-state index contributed by atoms with van der Waals surface area (Å²) in [6.45, 7) is 2.24. The summed E-state index contributed by atoms with van der Waals surface area (Å²) in [6, 6.07) is 0.362. The molecule has 2 rings (SSSR count). The Morgan fingerprint density at radius 2 is 2.25 bits per heavy atom. The normalized spacial score (nSPS) is 22.8. The van der Waals surface area contributed by atoms with Gasteiger partial charge >= 0.3 is 0 Å². The maximum atomic E-state index is 12.0. The molecule has 6 heteroatoms. The molecule has 2 unspecified atom stereocenters. The van der Waals surface area contributed by atoms with Crippen molar-refractivity contribution in [1.82, 2.24) is 9.78 Å². The zero-order chi connectivity index (χ0) is 14.5. The van der Waals surface area contributed by atoms with E-state index in [1.807, 2.05) is 0 Å². The van der Waals surface area contributed by atoms with Crippen LogP contribution in [0.1, 0.15) is 39.0 Å². The van der Waals surface area contributed by atoms with Gasteiger partial charge in [0.05, 0.1) is 25.0 Å². The minimum absolute atomic E-state index is 0.128. The number of aromatic nitrogens is 2. The molecule has 1 heterocycles. The molecule has 0 amide bonds. The lowest BCUT2D eigenvalue weighted by Crippen LogP contribution is -2.33. The Bertz CT molecular complexity index is 504. The van der Waals surface area contributed by atoms with Crippen LogP contribution in [0.3, 0.4) is 0 Å². The second-order valence-corrected chi connectivity index (χ2v) is 5.71. The number of anilines is 1. The Labute approximate surface area is 124 Å². The van der Waals surface area contributed by atoms with Crippen LogP contribution >= 0.6 is 11.6 Å². The lowest BCUT2D eigenvalue weighted by molar-refractivity contribution is 0.266. The van der Waals surface area contributed by atoms with Gasteiger partial charge in [-0.3, -0.25) is 4.79 Å². The van der Waals surface area contributed by atoms with Gasteiger partial charge in [-0.05, 0) is 18.8 Å². The van der Waals surface area contributed by atoms with E-state index in [0.29, 0.717) is 17.6 Å². The first kappa shape index (κ1) is 15.3. The minimum atomic E-state index is -0.352. The van der Waals surface area contributed by atoms with Gasteiger partial charge in [0.15, 0.2) is 0 Å². The van der Waals surface area contributed by atoms with Gasteiger partial charge in [0, 0.05) is 6.04 Å². The number of hydrogen-bond acceptors (Lipinski definition) is 4. The lowest BCUT2D eigenvalue weighted by Gasteiger charge is -2.32. The van der Waals surface area contributed by atoms with E-state index < -0.39 is 0 Å². The first-order valence-electron chi connectivity index (χ1n) is 7.30. The van der Waals surface area contributed by atoms with Crippen molar-refractivity contribution in [3.8, 4) is 0 Å². The SMILES string of the molecule is CCC1CCCCC1Nc1cnn(CCO)c(=O)c1Cl. The third-order valence-corrected chi connectivity index (χ3v) is 4.44. The van der Waals surface area contributed by atoms with Crippen LogP contribution in [0.4, 0.5) is 5.69 Å². The van der Waals surface area contributed by atoms with Gasteiger partial charge in [0.1, 0.15) is 5.02 Å². The Morgan fingerprint density at radius 3 is 2.95 bits per heavy atom. The Hall–Kier alpha value is -1.07. The molecule has 0 radical (unpaired) electrons. The van der Waals surface area contributed by atoms with E-state index in [9.17, 15) is 4.79 Å². The molecule has 1 aromatic rings. The van der Waals surface area contributed by atoms with Gasteiger partial charge in [-0.15, -0.1) is 0 Å². The van der Waals surface area contributed by atoms with Crippen LogP contribution in [0.2, 0.25) is 5.02 Å². The molecule has 20 heavy (non-hydrogen) atoms. The van der Waals surface area contributed by atoms with Crippen LogP contribution in [0.5, 0.6) is 0 Å². The number of halogens is 1. The van der Waals surface area contributed by atoms with Crippen LogP contribution in [0, 0.1) is 5.92 Å². The Kier molecular flexibility index (Phi) is 5.43.